The lowest BCUT2D eigenvalue weighted by Crippen LogP contribution is -2.47. The topological polar surface area (TPSA) is 74.7 Å². The van der Waals surface area contributed by atoms with Crippen LogP contribution in [0.25, 0.3) is 0 Å². The Morgan fingerprint density at radius 3 is 2.61 bits per heavy atom. The molecule has 3 aliphatic rings. The van der Waals surface area contributed by atoms with Gasteiger partial charge in [0.05, 0.1) is 23.8 Å². The van der Waals surface area contributed by atoms with Crippen LogP contribution in [0.15, 0.2) is 12.2 Å². The van der Waals surface area contributed by atoms with Crippen molar-refractivity contribution in [3.63, 3.8) is 0 Å². The summed E-state index contributed by atoms with van der Waals surface area (Å²) in [7, 11) is -3.61. The minimum Gasteiger partial charge on any atom is -0.388 e. The Morgan fingerprint density at radius 2 is 2.04 bits per heavy atom. The molecule has 1 spiro atoms. The Labute approximate surface area is 138 Å². The van der Waals surface area contributed by atoms with Crippen molar-refractivity contribution in [3.8, 4) is 0 Å². The second-order valence-electron chi connectivity index (χ2n) is 8.06. The van der Waals surface area contributed by atoms with Crippen LogP contribution in [0.2, 0.25) is 0 Å². The van der Waals surface area contributed by atoms with Gasteiger partial charge < -0.3 is 5.11 Å². The number of hydrogen-bond acceptors (Lipinski definition) is 4. The number of rotatable bonds is 3. The molecule has 1 saturated heterocycles. The number of carbonyl (C=O) groups is 1. The Morgan fingerprint density at radius 1 is 1.39 bits per heavy atom. The van der Waals surface area contributed by atoms with Crippen LogP contribution in [0.5, 0.6) is 0 Å². The highest BCUT2D eigenvalue weighted by atomic mass is 32.2. The smallest absolute Gasteiger partial charge is 0.242 e. The summed E-state index contributed by atoms with van der Waals surface area (Å²) < 4.78 is 26.7. The van der Waals surface area contributed by atoms with Crippen molar-refractivity contribution in [1.29, 1.82) is 0 Å². The zero-order chi connectivity index (χ0) is 17.2. The van der Waals surface area contributed by atoms with Crippen LogP contribution in [0.4, 0.5) is 0 Å². The van der Waals surface area contributed by atoms with Crippen LogP contribution in [-0.2, 0) is 14.8 Å². The number of aliphatic hydroxyl groups is 1. The van der Waals surface area contributed by atoms with E-state index in [0.29, 0.717) is 5.92 Å². The first-order valence-electron chi connectivity index (χ1n) is 8.45. The molecular weight excluding hydrogens is 314 g/mol. The highest BCUT2D eigenvalue weighted by Gasteiger charge is 2.72. The molecule has 130 valence electrons. The Hall–Kier alpha value is -0.880. The molecule has 1 heterocycles. The standard InChI is InChI=1S/C17H27NO4S/c1-5-6-13(19)11(2)15(20)18-14-9-12-7-8-17(14,16(12,3)4)10-23(18,21)22/h5-6,11-14,19H,7-10H2,1-4H3/b6-5+/t11-,12?,13-,14+,17+/m1/s1. The van der Waals surface area contributed by atoms with Crippen molar-refractivity contribution in [2.24, 2.45) is 22.7 Å². The normalized spacial score (nSPS) is 39.6. The van der Waals surface area contributed by atoms with E-state index in [0.717, 1.165) is 23.6 Å². The van der Waals surface area contributed by atoms with E-state index in [1.54, 1.807) is 19.9 Å². The summed E-state index contributed by atoms with van der Waals surface area (Å²) in [5.41, 5.74) is -0.359. The van der Waals surface area contributed by atoms with Gasteiger partial charge in [0.25, 0.3) is 0 Å². The van der Waals surface area contributed by atoms with Gasteiger partial charge in [-0.1, -0.05) is 32.9 Å². The maximum atomic E-state index is 12.9. The molecule has 2 aliphatic carbocycles. The van der Waals surface area contributed by atoms with E-state index < -0.39 is 28.0 Å². The van der Waals surface area contributed by atoms with Crippen LogP contribution >= 0.6 is 0 Å². The lowest BCUT2D eigenvalue weighted by atomic mass is 9.69. The average Bonchev–Trinajstić information content (AvgIpc) is 2.93. The van der Waals surface area contributed by atoms with Gasteiger partial charge in [-0.25, -0.2) is 12.7 Å². The molecule has 6 heteroatoms. The van der Waals surface area contributed by atoms with Crippen LogP contribution in [-0.4, -0.2) is 41.6 Å². The third-order valence-corrected chi connectivity index (χ3v) is 8.83. The van der Waals surface area contributed by atoms with Gasteiger partial charge in [-0.15, -0.1) is 0 Å². The Kier molecular flexibility index (Phi) is 3.73. The van der Waals surface area contributed by atoms with Crippen molar-refractivity contribution in [2.45, 2.75) is 59.1 Å². The summed E-state index contributed by atoms with van der Waals surface area (Å²) >= 11 is 0. The van der Waals surface area contributed by atoms with Crippen LogP contribution in [0, 0.1) is 22.7 Å². The monoisotopic (exact) mass is 341 g/mol. The number of sulfonamides is 1. The fourth-order valence-electron chi connectivity index (χ4n) is 5.29. The lowest BCUT2D eigenvalue weighted by Gasteiger charge is -2.37. The van der Waals surface area contributed by atoms with E-state index >= 15 is 0 Å². The number of allylic oxidation sites excluding steroid dienone is 1. The SMILES string of the molecule is C/C=C/[C@@H](O)[C@@H](C)C(=O)N1[C@H]2CC3CC[C@@]2(CS1(=O)=O)C3(C)C. The van der Waals surface area contributed by atoms with Gasteiger partial charge in [0.15, 0.2) is 0 Å². The van der Waals surface area contributed by atoms with Crippen molar-refractivity contribution < 1.29 is 18.3 Å². The van der Waals surface area contributed by atoms with Gasteiger partial charge in [-0.2, -0.15) is 0 Å². The average molecular weight is 341 g/mol. The fraction of sp³-hybridized carbons (Fsp3) is 0.824. The van der Waals surface area contributed by atoms with Gasteiger partial charge in [0, 0.05) is 5.41 Å². The zero-order valence-corrected chi connectivity index (χ0v) is 15.1. The van der Waals surface area contributed by atoms with Crippen molar-refractivity contribution >= 4 is 15.9 Å². The molecule has 0 radical (unpaired) electrons. The van der Waals surface area contributed by atoms with E-state index in [4.69, 9.17) is 0 Å². The minimum absolute atomic E-state index is 0.0507. The van der Waals surface area contributed by atoms with Gasteiger partial charge in [0.2, 0.25) is 15.9 Å². The molecule has 2 bridgehead atoms. The first-order valence-corrected chi connectivity index (χ1v) is 10.1. The third-order valence-electron chi connectivity index (χ3n) is 6.92. The highest BCUT2D eigenvalue weighted by molar-refractivity contribution is 7.90. The Bertz CT molecular complexity index is 654. The molecule has 3 fully saturated rings. The molecule has 2 saturated carbocycles. The molecule has 0 aromatic carbocycles. The summed E-state index contributed by atoms with van der Waals surface area (Å²) in [6, 6.07) is -0.228. The van der Waals surface area contributed by atoms with Gasteiger partial charge in [-0.3, -0.25) is 4.79 Å². The highest BCUT2D eigenvalue weighted by Crippen LogP contribution is 2.70. The van der Waals surface area contributed by atoms with Gasteiger partial charge in [-0.05, 0) is 37.5 Å². The summed E-state index contributed by atoms with van der Waals surface area (Å²) in [5.74, 6) is -0.653. The van der Waals surface area contributed by atoms with Gasteiger partial charge >= 0.3 is 0 Å². The molecule has 1 unspecified atom stereocenters. The summed E-state index contributed by atoms with van der Waals surface area (Å²) in [6.07, 6.45) is 4.96. The number of aliphatic hydroxyl groups excluding tert-OH is 1. The number of nitrogens with zero attached hydrogens (tertiary/aromatic N) is 1. The van der Waals surface area contributed by atoms with Crippen LogP contribution in [0.3, 0.4) is 0 Å². The van der Waals surface area contributed by atoms with Crippen molar-refractivity contribution in [2.75, 3.05) is 5.75 Å². The molecule has 5 atom stereocenters. The van der Waals surface area contributed by atoms with E-state index in [1.807, 2.05) is 0 Å². The molecule has 1 N–H and O–H groups in total. The van der Waals surface area contributed by atoms with E-state index in [-0.39, 0.29) is 22.6 Å². The predicted molar refractivity (Wildman–Crippen MR) is 88.0 cm³/mol. The first kappa shape index (κ1) is 17.0. The predicted octanol–water partition coefficient (Wildman–Crippen LogP) is 1.93. The Balaban J connectivity index is 1.96. The largest absolute Gasteiger partial charge is 0.388 e. The molecule has 1 amide bonds. The number of carbonyl (C=O) groups excluding carboxylic acids is 1. The van der Waals surface area contributed by atoms with E-state index in [2.05, 4.69) is 13.8 Å². The second-order valence-corrected chi connectivity index (χ2v) is 9.91. The minimum atomic E-state index is -3.61. The molecule has 23 heavy (non-hydrogen) atoms. The maximum absolute atomic E-state index is 12.9. The summed E-state index contributed by atoms with van der Waals surface area (Å²) in [6.45, 7) is 7.69. The molecule has 0 aromatic rings. The second kappa shape index (κ2) is 5.06. The number of amides is 1. The maximum Gasteiger partial charge on any atom is 0.242 e. The quantitative estimate of drug-likeness (QED) is 0.796. The van der Waals surface area contributed by atoms with E-state index in [1.165, 1.54) is 6.08 Å². The number of fused-ring (bicyclic) bond motifs is 1. The zero-order valence-electron chi connectivity index (χ0n) is 14.3. The van der Waals surface area contributed by atoms with Crippen LogP contribution in [0.1, 0.15) is 47.0 Å². The number of hydrogen-bond donors (Lipinski definition) is 1. The molecule has 1 aliphatic heterocycles. The lowest BCUT2D eigenvalue weighted by molar-refractivity contribution is -0.135. The van der Waals surface area contributed by atoms with E-state index in [9.17, 15) is 18.3 Å². The van der Waals surface area contributed by atoms with Crippen molar-refractivity contribution in [3.05, 3.63) is 12.2 Å². The van der Waals surface area contributed by atoms with Crippen LogP contribution < -0.4 is 0 Å². The van der Waals surface area contributed by atoms with Gasteiger partial charge in [0.1, 0.15) is 0 Å². The molecular formula is C17H27NO4S. The summed E-state index contributed by atoms with van der Waals surface area (Å²) in [4.78, 5) is 12.9. The molecule has 5 nitrogen and oxygen atoms in total. The molecule has 0 aromatic heterocycles. The van der Waals surface area contributed by atoms with Crippen molar-refractivity contribution in [1.82, 2.24) is 4.31 Å². The summed E-state index contributed by atoms with van der Waals surface area (Å²) in [5, 5.41) is 10.1. The fourth-order valence-corrected chi connectivity index (χ4v) is 7.90. The first-order chi connectivity index (χ1) is 10.6. The molecule has 3 rings (SSSR count). The third kappa shape index (κ3) is 2.07.